The molecule has 1 rings (SSSR count). The molecule has 0 saturated carbocycles. The third kappa shape index (κ3) is 8.16. The first-order valence-corrected chi connectivity index (χ1v) is 12.5. The second-order valence-corrected chi connectivity index (χ2v) is 10.2. The van der Waals surface area contributed by atoms with E-state index in [-0.39, 0.29) is 18.1 Å². The lowest BCUT2D eigenvalue weighted by Crippen LogP contribution is -2.53. The maximum Gasteiger partial charge on any atom is 0.169 e. The van der Waals surface area contributed by atoms with Crippen molar-refractivity contribution in [2.24, 2.45) is 0 Å². The Balaban J connectivity index is 2.80. The molecule has 7 N–H and O–H groups in total. The first-order chi connectivity index (χ1) is 14.3. The topological polar surface area (TPSA) is 160 Å². The van der Waals surface area contributed by atoms with Crippen molar-refractivity contribution < 1.29 is 45.2 Å². The van der Waals surface area contributed by atoms with E-state index in [0.29, 0.717) is 13.2 Å². The Bertz CT molecular complexity index is 445. The number of rotatable bonds is 16. The Morgan fingerprint density at radius 2 is 1.53 bits per heavy atom. The molecule has 0 amide bonds. The molecule has 0 aromatic carbocycles. The summed E-state index contributed by atoms with van der Waals surface area (Å²) in [6.45, 7) is 3.92. The van der Waals surface area contributed by atoms with Crippen LogP contribution in [-0.4, -0.2) is 122 Å². The van der Waals surface area contributed by atoms with Gasteiger partial charge in [0.1, 0.15) is 54.2 Å². The predicted molar refractivity (Wildman–Crippen MR) is 114 cm³/mol. The zero-order chi connectivity index (χ0) is 22.7. The summed E-state index contributed by atoms with van der Waals surface area (Å²) in [6, 6.07) is 0. The lowest BCUT2D eigenvalue weighted by Gasteiger charge is -2.33. The fraction of sp³-hybridized carbons (Fsp3) is 1.00. The van der Waals surface area contributed by atoms with Gasteiger partial charge < -0.3 is 45.2 Å². The molecule has 1 heterocycles. The molecule has 1 saturated heterocycles. The van der Waals surface area contributed by atoms with E-state index in [1.807, 2.05) is 13.8 Å². The van der Waals surface area contributed by atoms with Gasteiger partial charge in [-0.1, -0.05) is 26.7 Å². The molecule has 0 bridgehead atoms. The summed E-state index contributed by atoms with van der Waals surface area (Å²) in [4.78, 5) is 0. The highest BCUT2D eigenvalue weighted by Gasteiger charge is 2.51. The van der Waals surface area contributed by atoms with Gasteiger partial charge in [-0.25, -0.2) is 0 Å². The van der Waals surface area contributed by atoms with Crippen LogP contribution in [0.2, 0.25) is 0 Å². The number of unbranched alkanes of at least 4 members (excludes halogenated alkanes) is 2. The molecule has 1 aliphatic rings. The largest absolute Gasteiger partial charge is 0.394 e. The van der Waals surface area contributed by atoms with E-state index in [9.17, 15) is 35.7 Å². The molecule has 0 aliphatic carbocycles. The van der Waals surface area contributed by atoms with Crippen molar-refractivity contribution in [2.45, 2.75) is 87.5 Å². The minimum atomic E-state index is -1.58. The fourth-order valence-corrected chi connectivity index (χ4v) is 6.14. The molecule has 0 radical (unpaired) electrons. The zero-order valence-electron chi connectivity index (χ0n) is 18.0. The van der Waals surface area contributed by atoms with Gasteiger partial charge in [0.15, 0.2) is 5.25 Å². The normalized spacial score (nSPS) is 29.5. The van der Waals surface area contributed by atoms with Crippen LogP contribution in [0.5, 0.6) is 0 Å². The smallest absolute Gasteiger partial charge is 0.169 e. The summed E-state index contributed by atoms with van der Waals surface area (Å²) in [6.07, 6.45) is -5.14. The van der Waals surface area contributed by atoms with Gasteiger partial charge in [0.2, 0.25) is 0 Å². The average Bonchev–Trinajstić information content (AvgIpc) is 3.00. The molecule has 1 fully saturated rings. The van der Waals surface area contributed by atoms with Crippen LogP contribution in [0.3, 0.4) is 0 Å². The first-order valence-electron chi connectivity index (χ1n) is 10.8. The van der Waals surface area contributed by atoms with Crippen LogP contribution in [0.1, 0.15) is 39.5 Å². The number of hydrogen-bond donors (Lipinski definition) is 7. The summed E-state index contributed by atoms with van der Waals surface area (Å²) in [5.41, 5.74) is 0. The molecule has 0 aromatic heterocycles. The molecule has 0 aromatic rings. The van der Waals surface area contributed by atoms with Crippen LogP contribution in [-0.2, 0) is 20.4 Å². The predicted octanol–water partition coefficient (Wildman–Crippen LogP) is -1.85. The van der Waals surface area contributed by atoms with Crippen molar-refractivity contribution in [1.29, 1.82) is 0 Å². The summed E-state index contributed by atoms with van der Waals surface area (Å²) in [5.74, 6) is 0.224. The van der Waals surface area contributed by atoms with Gasteiger partial charge in [0, 0.05) is 24.1 Å². The van der Waals surface area contributed by atoms with Crippen molar-refractivity contribution in [3.63, 3.8) is 0 Å². The summed E-state index contributed by atoms with van der Waals surface area (Å²) in [5, 5.41) is 70.2. The van der Waals surface area contributed by atoms with E-state index in [2.05, 4.69) is 0 Å². The summed E-state index contributed by atoms with van der Waals surface area (Å²) < 4.78 is 11.4. The molecule has 9 nitrogen and oxygen atoms in total. The Morgan fingerprint density at radius 1 is 0.933 bits per heavy atom. The van der Waals surface area contributed by atoms with Gasteiger partial charge in [-0.05, 0) is 12.8 Å². The molecule has 0 spiro atoms. The van der Waals surface area contributed by atoms with Crippen LogP contribution in [0, 0.1) is 0 Å². The van der Waals surface area contributed by atoms with Gasteiger partial charge in [-0.15, -0.1) is 0 Å². The minimum Gasteiger partial charge on any atom is -0.394 e. The lowest BCUT2D eigenvalue weighted by atomic mass is 9.99. The number of ether oxygens (including phenoxy) is 2. The molecule has 180 valence electrons. The molecular weight excluding hydrogens is 416 g/mol. The molecule has 1 aliphatic heterocycles. The Morgan fingerprint density at radius 3 is 2.07 bits per heavy atom. The first kappa shape index (κ1) is 28.0. The van der Waals surface area contributed by atoms with E-state index in [4.69, 9.17) is 9.47 Å². The Kier molecular flexibility index (Phi) is 14.0. The van der Waals surface area contributed by atoms with Crippen LogP contribution in [0.4, 0.5) is 0 Å². The molecule has 1 unspecified atom stereocenters. The average molecular weight is 458 g/mol. The van der Waals surface area contributed by atoms with Gasteiger partial charge in [-0.2, -0.15) is 0 Å². The van der Waals surface area contributed by atoms with E-state index >= 15 is 0 Å². The van der Waals surface area contributed by atoms with Gasteiger partial charge in [0.25, 0.3) is 0 Å². The standard InChI is InChI=1S/C20H41O9S/c1-3-5-7-28-15(9-21)20(29-8-6-4-2)19(27)18(26)14(24)12-30-11-13(23)17(25)16(30)10-22/h13-27H,3-12H2,1-2H3/q+1/t13-,14-,15+,16-,17+,18-,19+,20-,30?/m1/s1. The quantitative estimate of drug-likeness (QED) is 0.104. The van der Waals surface area contributed by atoms with Gasteiger partial charge >= 0.3 is 0 Å². The second kappa shape index (κ2) is 14.9. The molecule has 10 heteroatoms. The maximum absolute atomic E-state index is 10.7. The monoisotopic (exact) mass is 457 g/mol. The lowest BCUT2D eigenvalue weighted by molar-refractivity contribution is -0.172. The van der Waals surface area contributed by atoms with Crippen molar-refractivity contribution in [3.05, 3.63) is 0 Å². The van der Waals surface area contributed by atoms with E-state index < -0.39 is 65.5 Å². The minimum absolute atomic E-state index is 0.0136. The molecular formula is C20H41O9S+. The third-order valence-corrected chi connectivity index (χ3v) is 8.24. The van der Waals surface area contributed by atoms with Crippen molar-refractivity contribution in [3.8, 4) is 0 Å². The van der Waals surface area contributed by atoms with E-state index in [1.54, 1.807) is 0 Å². The Labute approximate surface area is 182 Å². The van der Waals surface area contributed by atoms with Crippen LogP contribution in [0.25, 0.3) is 0 Å². The number of aliphatic hydroxyl groups excluding tert-OH is 7. The highest BCUT2D eigenvalue weighted by Crippen LogP contribution is 2.26. The third-order valence-electron chi connectivity index (χ3n) is 5.42. The van der Waals surface area contributed by atoms with Crippen molar-refractivity contribution >= 4 is 10.9 Å². The summed E-state index contributed by atoms with van der Waals surface area (Å²) in [7, 11) is -0.724. The van der Waals surface area contributed by atoms with Crippen LogP contribution in [0.15, 0.2) is 0 Å². The highest BCUT2D eigenvalue weighted by atomic mass is 32.2. The number of aliphatic hydroxyl groups is 7. The van der Waals surface area contributed by atoms with Crippen LogP contribution >= 0.6 is 0 Å². The zero-order valence-corrected chi connectivity index (χ0v) is 18.9. The molecule has 30 heavy (non-hydrogen) atoms. The highest BCUT2D eigenvalue weighted by molar-refractivity contribution is 7.97. The van der Waals surface area contributed by atoms with Gasteiger partial charge in [-0.3, -0.25) is 0 Å². The summed E-state index contributed by atoms with van der Waals surface area (Å²) >= 11 is 0. The Hall–Kier alpha value is -0.0100. The van der Waals surface area contributed by atoms with Crippen LogP contribution < -0.4 is 0 Å². The fourth-order valence-electron chi connectivity index (χ4n) is 3.45. The van der Waals surface area contributed by atoms with Crippen molar-refractivity contribution in [1.82, 2.24) is 0 Å². The maximum atomic E-state index is 10.7. The second-order valence-electron chi connectivity index (χ2n) is 7.83. The van der Waals surface area contributed by atoms with E-state index in [1.165, 1.54) is 0 Å². The SMILES string of the molecule is CCCCO[C@@H]([C@@H](O)[C@H](O)[C@H](O)C[S+]1C[C@@H](O)[C@H](O)[C@H]1CO)[C@H](CO)OCCCC. The molecule has 9 atom stereocenters. The number of hydrogen-bond acceptors (Lipinski definition) is 9. The van der Waals surface area contributed by atoms with Gasteiger partial charge in [0.05, 0.1) is 13.2 Å². The van der Waals surface area contributed by atoms with Crippen molar-refractivity contribution in [2.75, 3.05) is 37.9 Å². The van der Waals surface area contributed by atoms with E-state index in [0.717, 1.165) is 25.7 Å².